The SMILES string of the molecule is Cc1ccc(-c2cc(OC(=O)NC(C)c3ccccn3)cc(-n3cnnn3)c2)c(F)c1. The maximum Gasteiger partial charge on any atom is 0.413 e. The van der Waals surface area contributed by atoms with Crippen LogP contribution in [0.3, 0.4) is 0 Å². The number of nitrogens with one attached hydrogen (secondary N) is 1. The van der Waals surface area contributed by atoms with Gasteiger partial charge >= 0.3 is 6.09 Å². The Labute approximate surface area is 177 Å². The number of hydrogen-bond acceptors (Lipinski definition) is 6. The average Bonchev–Trinajstić information content (AvgIpc) is 3.29. The summed E-state index contributed by atoms with van der Waals surface area (Å²) in [6, 6.07) is 14.9. The summed E-state index contributed by atoms with van der Waals surface area (Å²) >= 11 is 0. The highest BCUT2D eigenvalue weighted by Crippen LogP contribution is 2.30. The van der Waals surface area contributed by atoms with Gasteiger partial charge in [0.25, 0.3) is 0 Å². The molecular weight excluding hydrogens is 399 g/mol. The van der Waals surface area contributed by atoms with Crippen LogP contribution in [0.15, 0.2) is 67.1 Å². The third-order valence-electron chi connectivity index (χ3n) is 4.62. The van der Waals surface area contributed by atoms with Gasteiger partial charge in [-0.15, -0.1) is 5.10 Å². The fraction of sp³-hybridized carbons (Fsp3) is 0.136. The Morgan fingerprint density at radius 1 is 1.16 bits per heavy atom. The molecule has 0 aliphatic carbocycles. The van der Waals surface area contributed by atoms with E-state index in [0.717, 1.165) is 5.56 Å². The van der Waals surface area contributed by atoms with Crippen molar-refractivity contribution in [3.05, 3.63) is 84.2 Å². The van der Waals surface area contributed by atoms with Crippen molar-refractivity contribution in [3.63, 3.8) is 0 Å². The largest absolute Gasteiger partial charge is 0.413 e. The second-order valence-electron chi connectivity index (χ2n) is 6.96. The molecule has 1 amide bonds. The normalized spacial score (nSPS) is 11.7. The number of amides is 1. The Balaban J connectivity index is 1.63. The van der Waals surface area contributed by atoms with Crippen LogP contribution < -0.4 is 10.1 Å². The standard InChI is InChI=1S/C22H19FN6O2/c1-14-6-7-19(20(23)9-14)16-10-17(29-13-25-27-28-29)12-18(11-16)31-22(30)26-15(2)21-5-3-4-8-24-21/h3-13,15H,1-2H3,(H,26,30). The number of nitrogens with zero attached hydrogens (tertiary/aromatic N) is 5. The van der Waals surface area contributed by atoms with E-state index in [4.69, 9.17) is 4.74 Å². The zero-order valence-corrected chi connectivity index (χ0v) is 16.9. The van der Waals surface area contributed by atoms with Crippen LogP contribution in [-0.4, -0.2) is 31.3 Å². The molecular formula is C22H19FN6O2. The van der Waals surface area contributed by atoms with Crippen LogP contribution in [0.5, 0.6) is 5.75 Å². The number of carbonyl (C=O) groups is 1. The molecule has 9 heteroatoms. The van der Waals surface area contributed by atoms with Gasteiger partial charge < -0.3 is 10.1 Å². The topological polar surface area (TPSA) is 94.8 Å². The first-order valence-electron chi connectivity index (χ1n) is 9.54. The molecule has 0 radical (unpaired) electrons. The highest BCUT2D eigenvalue weighted by molar-refractivity contribution is 5.74. The molecule has 4 aromatic rings. The predicted molar refractivity (Wildman–Crippen MR) is 111 cm³/mol. The maximum absolute atomic E-state index is 14.6. The predicted octanol–water partition coefficient (Wildman–Crippen LogP) is 4.02. The van der Waals surface area contributed by atoms with Gasteiger partial charge in [0, 0.05) is 17.8 Å². The van der Waals surface area contributed by atoms with E-state index in [9.17, 15) is 9.18 Å². The molecule has 8 nitrogen and oxygen atoms in total. The lowest BCUT2D eigenvalue weighted by Crippen LogP contribution is -2.30. The van der Waals surface area contributed by atoms with E-state index in [2.05, 4.69) is 25.8 Å². The number of tetrazole rings is 1. The van der Waals surface area contributed by atoms with Gasteiger partial charge in [0.05, 0.1) is 17.4 Å². The summed E-state index contributed by atoms with van der Waals surface area (Å²) in [5, 5.41) is 13.8. The molecule has 0 saturated carbocycles. The third kappa shape index (κ3) is 4.72. The number of benzene rings is 2. The van der Waals surface area contributed by atoms with Gasteiger partial charge in [-0.05, 0) is 65.7 Å². The summed E-state index contributed by atoms with van der Waals surface area (Å²) in [4.78, 5) is 16.7. The minimum Gasteiger partial charge on any atom is -0.410 e. The summed E-state index contributed by atoms with van der Waals surface area (Å²) in [7, 11) is 0. The van der Waals surface area contributed by atoms with Crippen LogP contribution in [0.25, 0.3) is 16.8 Å². The number of aryl methyl sites for hydroxylation is 1. The van der Waals surface area contributed by atoms with Crippen molar-refractivity contribution in [2.45, 2.75) is 19.9 Å². The third-order valence-corrected chi connectivity index (χ3v) is 4.62. The maximum atomic E-state index is 14.6. The minimum absolute atomic E-state index is 0.216. The Bertz CT molecular complexity index is 1200. The first-order chi connectivity index (χ1) is 15.0. The summed E-state index contributed by atoms with van der Waals surface area (Å²) < 4.78 is 21.5. The van der Waals surface area contributed by atoms with E-state index < -0.39 is 6.09 Å². The number of ether oxygens (including phenoxy) is 1. The second-order valence-corrected chi connectivity index (χ2v) is 6.96. The van der Waals surface area contributed by atoms with Crippen molar-refractivity contribution in [1.82, 2.24) is 30.5 Å². The molecule has 0 saturated heterocycles. The molecule has 0 aliphatic heterocycles. The Morgan fingerprint density at radius 2 is 2.03 bits per heavy atom. The Hall–Kier alpha value is -4.14. The van der Waals surface area contributed by atoms with Gasteiger partial charge in [-0.2, -0.15) is 0 Å². The molecule has 4 rings (SSSR count). The highest BCUT2D eigenvalue weighted by atomic mass is 19.1. The van der Waals surface area contributed by atoms with E-state index in [1.165, 1.54) is 17.1 Å². The zero-order valence-electron chi connectivity index (χ0n) is 16.9. The molecule has 0 spiro atoms. The van der Waals surface area contributed by atoms with Gasteiger partial charge in [0.2, 0.25) is 0 Å². The molecule has 2 aromatic heterocycles. The first kappa shape index (κ1) is 20.1. The lowest BCUT2D eigenvalue weighted by Gasteiger charge is -2.15. The lowest BCUT2D eigenvalue weighted by atomic mass is 10.0. The molecule has 1 atom stereocenters. The van der Waals surface area contributed by atoms with Crippen LogP contribution in [0.2, 0.25) is 0 Å². The molecule has 0 fully saturated rings. The molecule has 1 N–H and O–H groups in total. The van der Waals surface area contributed by atoms with Crippen LogP contribution in [0.4, 0.5) is 9.18 Å². The molecule has 0 bridgehead atoms. The van der Waals surface area contributed by atoms with Crippen molar-refractivity contribution >= 4 is 6.09 Å². The number of aromatic nitrogens is 5. The van der Waals surface area contributed by atoms with Crippen molar-refractivity contribution in [1.29, 1.82) is 0 Å². The average molecular weight is 418 g/mol. The van der Waals surface area contributed by atoms with E-state index >= 15 is 0 Å². The van der Waals surface area contributed by atoms with Crippen molar-refractivity contribution in [2.24, 2.45) is 0 Å². The van der Waals surface area contributed by atoms with Crippen molar-refractivity contribution in [2.75, 3.05) is 0 Å². The Kier molecular flexibility index (Phi) is 5.65. The van der Waals surface area contributed by atoms with Gasteiger partial charge in [0.1, 0.15) is 17.9 Å². The summed E-state index contributed by atoms with van der Waals surface area (Å²) in [6.45, 7) is 3.61. The van der Waals surface area contributed by atoms with E-state index in [1.54, 1.807) is 43.5 Å². The van der Waals surface area contributed by atoms with E-state index in [0.29, 0.717) is 22.5 Å². The fourth-order valence-corrected chi connectivity index (χ4v) is 3.08. The minimum atomic E-state index is -0.664. The Morgan fingerprint density at radius 3 is 2.74 bits per heavy atom. The van der Waals surface area contributed by atoms with E-state index in [1.807, 2.05) is 25.1 Å². The van der Waals surface area contributed by atoms with Gasteiger partial charge in [-0.3, -0.25) is 4.98 Å². The number of hydrogen-bond donors (Lipinski definition) is 1. The fourth-order valence-electron chi connectivity index (χ4n) is 3.08. The van der Waals surface area contributed by atoms with Gasteiger partial charge in [0.15, 0.2) is 0 Å². The van der Waals surface area contributed by atoms with E-state index in [-0.39, 0.29) is 17.6 Å². The van der Waals surface area contributed by atoms with Crippen molar-refractivity contribution in [3.8, 4) is 22.6 Å². The molecule has 156 valence electrons. The highest BCUT2D eigenvalue weighted by Gasteiger charge is 2.15. The monoisotopic (exact) mass is 418 g/mol. The van der Waals surface area contributed by atoms with Gasteiger partial charge in [-0.25, -0.2) is 13.9 Å². The molecule has 2 heterocycles. The number of pyridine rings is 1. The lowest BCUT2D eigenvalue weighted by molar-refractivity contribution is 0.196. The zero-order chi connectivity index (χ0) is 21.8. The van der Waals surface area contributed by atoms with Crippen LogP contribution in [0, 0.1) is 12.7 Å². The molecule has 0 aliphatic rings. The first-order valence-corrected chi connectivity index (χ1v) is 9.54. The van der Waals surface area contributed by atoms with Crippen LogP contribution >= 0.6 is 0 Å². The number of rotatable bonds is 5. The molecule has 1 unspecified atom stereocenters. The molecule has 2 aromatic carbocycles. The van der Waals surface area contributed by atoms with Gasteiger partial charge in [-0.1, -0.05) is 18.2 Å². The quantitative estimate of drug-likeness (QED) is 0.526. The number of halogens is 1. The number of carbonyl (C=O) groups excluding carboxylic acids is 1. The summed E-state index contributed by atoms with van der Waals surface area (Å²) in [5.41, 5.74) is 2.91. The molecule has 31 heavy (non-hydrogen) atoms. The summed E-state index contributed by atoms with van der Waals surface area (Å²) in [5.74, 6) is -0.165. The second kappa shape index (κ2) is 8.70. The smallest absolute Gasteiger partial charge is 0.410 e. The van der Waals surface area contributed by atoms with Crippen LogP contribution in [0.1, 0.15) is 24.2 Å². The van der Waals surface area contributed by atoms with Crippen LogP contribution in [-0.2, 0) is 0 Å². The van der Waals surface area contributed by atoms with Crippen molar-refractivity contribution < 1.29 is 13.9 Å². The summed E-state index contributed by atoms with van der Waals surface area (Å²) in [6.07, 6.45) is 2.39.